The number of hydrogen-bond donors (Lipinski definition) is 1. The van der Waals surface area contributed by atoms with Crippen molar-refractivity contribution in [2.24, 2.45) is 0 Å². The van der Waals surface area contributed by atoms with Crippen LogP contribution in [0.2, 0.25) is 0 Å². The molecular formula is C20H23N3O3. The molecule has 2 aromatic rings. The summed E-state index contributed by atoms with van der Waals surface area (Å²) in [5.41, 5.74) is 6.65. The Morgan fingerprint density at radius 3 is 2.04 bits per heavy atom. The van der Waals surface area contributed by atoms with Crippen LogP contribution in [0.25, 0.3) is 11.1 Å². The number of ketones is 2. The van der Waals surface area contributed by atoms with Crippen molar-refractivity contribution in [3.05, 3.63) is 41.7 Å². The average Bonchev–Trinajstić information content (AvgIpc) is 2.55. The van der Waals surface area contributed by atoms with Crippen molar-refractivity contribution in [3.63, 3.8) is 0 Å². The number of anilines is 1. The third-order valence-corrected chi connectivity index (χ3v) is 4.82. The fourth-order valence-electron chi connectivity index (χ4n) is 3.45. The second-order valence-corrected chi connectivity index (χ2v) is 7.69. The van der Waals surface area contributed by atoms with Crippen LogP contribution >= 0.6 is 0 Å². The molecule has 0 unspecified atom stereocenters. The fraction of sp³-hybridized carbons (Fsp3) is 0.400. The molecule has 0 aliphatic carbocycles. The molecule has 1 aliphatic rings. The maximum atomic E-state index is 13.0. The summed E-state index contributed by atoms with van der Waals surface area (Å²) in [6.07, 6.45) is 3.25. The van der Waals surface area contributed by atoms with E-state index in [4.69, 9.17) is 10.5 Å². The monoisotopic (exact) mass is 353 g/mol. The Hall–Kier alpha value is -2.60. The van der Waals surface area contributed by atoms with Gasteiger partial charge in [-0.3, -0.25) is 9.59 Å². The van der Waals surface area contributed by atoms with Crippen molar-refractivity contribution in [3.8, 4) is 11.1 Å². The van der Waals surface area contributed by atoms with E-state index in [1.54, 1.807) is 40.1 Å². The summed E-state index contributed by atoms with van der Waals surface area (Å²) in [5, 5.41) is 0. The third kappa shape index (κ3) is 3.01. The minimum Gasteiger partial charge on any atom is -0.368 e. The zero-order valence-corrected chi connectivity index (χ0v) is 15.7. The molecule has 3 rings (SSSR count). The Bertz CT molecular complexity index is 860. The highest BCUT2D eigenvalue weighted by molar-refractivity contribution is 6.15. The molecule has 2 heterocycles. The number of ether oxygens (including phenoxy) is 1. The number of nitrogens with zero attached hydrogens (tertiary/aromatic N) is 2. The Morgan fingerprint density at radius 1 is 0.962 bits per heavy atom. The van der Waals surface area contributed by atoms with Gasteiger partial charge in [0.25, 0.3) is 0 Å². The number of rotatable bonds is 2. The van der Waals surface area contributed by atoms with Crippen molar-refractivity contribution in [2.45, 2.75) is 51.7 Å². The normalized spacial score (nSPS) is 19.6. The van der Waals surface area contributed by atoms with Gasteiger partial charge in [-0.15, -0.1) is 0 Å². The van der Waals surface area contributed by atoms with Gasteiger partial charge in [-0.1, -0.05) is 12.1 Å². The molecule has 0 amide bonds. The lowest BCUT2D eigenvalue weighted by Gasteiger charge is -2.43. The van der Waals surface area contributed by atoms with Crippen molar-refractivity contribution in [1.82, 2.24) is 9.97 Å². The lowest BCUT2D eigenvalue weighted by Crippen LogP contribution is -2.58. The van der Waals surface area contributed by atoms with E-state index < -0.39 is 17.1 Å². The maximum Gasteiger partial charge on any atom is 0.219 e. The van der Waals surface area contributed by atoms with Crippen LogP contribution in [0.3, 0.4) is 0 Å². The summed E-state index contributed by atoms with van der Waals surface area (Å²) in [7, 11) is 0. The smallest absolute Gasteiger partial charge is 0.219 e. The summed E-state index contributed by atoms with van der Waals surface area (Å²) in [6, 6.07) is 5.68. The average molecular weight is 353 g/mol. The summed E-state index contributed by atoms with van der Waals surface area (Å²) in [6.45, 7) is 8.74. The first-order valence-corrected chi connectivity index (χ1v) is 8.50. The first-order chi connectivity index (χ1) is 12.0. The zero-order valence-electron chi connectivity index (χ0n) is 15.7. The number of carbonyl (C=O) groups is 2. The molecule has 6 nitrogen and oxygen atoms in total. The SMILES string of the molecule is Cc1ccc(-c2cnc(N)nc2)cc1C1C(=O)C(C)(C)OC(C)(C)C1=O. The minimum atomic E-state index is -1.03. The Kier molecular flexibility index (Phi) is 4.19. The maximum absolute atomic E-state index is 13.0. The van der Waals surface area contributed by atoms with Crippen LogP contribution < -0.4 is 5.73 Å². The molecule has 1 aromatic carbocycles. The van der Waals surface area contributed by atoms with Crippen LogP contribution in [0.15, 0.2) is 30.6 Å². The Balaban J connectivity index is 2.13. The van der Waals surface area contributed by atoms with Crippen LogP contribution in [0, 0.1) is 6.92 Å². The molecule has 1 fully saturated rings. The van der Waals surface area contributed by atoms with Crippen LogP contribution in [-0.2, 0) is 14.3 Å². The van der Waals surface area contributed by atoms with Gasteiger partial charge < -0.3 is 10.5 Å². The van der Waals surface area contributed by atoms with Gasteiger partial charge in [-0.05, 0) is 57.4 Å². The van der Waals surface area contributed by atoms with Crippen LogP contribution in [-0.4, -0.2) is 32.7 Å². The van der Waals surface area contributed by atoms with Gasteiger partial charge in [0.1, 0.15) is 17.1 Å². The number of aromatic nitrogens is 2. The fourth-order valence-corrected chi connectivity index (χ4v) is 3.45. The van der Waals surface area contributed by atoms with Gasteiger partial charge in [0.05, 0.1) is 0 Å². The van der Waals surface area contributed by atoms with E-state index in [2.05, 4.69) is 9.97 Å². The lowest BCUT2D eigenvalue weighted by molar-refractivity contribution is -0.184. The molecule has 0 spiro atoms. The molecule has 2 N–H and O–H groups in total. The van der Waals surface area contributed by atoms with E-state index in [9.17, 15) is 9.59 Å². The number of benzene rings is 1. The molecule has 0 radical (unpaired) electrons. The first-order valence-electron chi connectivity index (χ1n) is 8.50. The highest BCUT2D eigenvalue weighted by Crippen LogP contribution is 2.40. The second-order valence-electron chi connectivity index (χ2n) is 7.69. The van der Waals surface area contributed by atoms with E-state index >= 15 is 0 Å². The summed E-state index contributed by atoms with van der Waals surface area (Å²) in [5.74, 6) is -1.12. The van der Waals surface area contributed by atoms with Crippen LogP contribution in [0.4, 0.5) is 5.95 Å². The van der Waals surface area contributed by atoms with Gasteiger partial charge in [-0.2, -0.15) is 0 Å². The third-order valence-electron chi connectivity index (χ3n) is 4.82. The summed E-state index contributed by atoms with van der Waals surface area (Å²) < 4.78 is 5.77. The van der Waals surface area contributed by atoms with Gasteiger partial charge in [0, 0.05) is 18.0 Å². The lowest BCUT2D eigenvalue weighted by atomic mass is 9.73. The molecule has 6 heteroatoms. The molecule has 1 aromatic heterocycles. The van der Waals surface area contributed by atoms with Gasteiger partial charge in [-0.25, -0.2) is 9.97 Å². The second kappa shape index (κ2) is 5.99. The molecule has 136 valence electrons. The van der Waals surface area contributed by atoms with E-state index in [0.29, 0.717) is 5.56 Å². The topological polar surface area (TPSA) is 95.2 Å². The predicted molar refractivity (Wildman–Crippen MR) is 98.6 cm³/mol. The van der Waals surface area contributed by atoms with Crippen LogP contribution in [0.1, 0.15) is 44.7 Å². The predicted octanol–water partition coefficient (Wildman–Crippen LogP) is 2.84. The Morgan fingerprint density at radius 2 is 1.50 bits per heavy atom. The highest BCUT2D eigenvalue weighted by Gasteiger charge is 2.53. The Labute approximate surface area is 152 Å². The number of Topliss-reactive ketones (excluding diaryl/α,β-unsaturated/α-hetero) is 2. The van der Waals surface area contributed by atoms with Crippen molar-refractivity contribution in [1.29, 1.82) is 0 Å². The number of nitrogen functional groups attached to an aromatic ring is 1. The molecule has 0 atom stereocenters. The van der Waals surface area contributed by atoms with E-state index in [1.807, 2.05) is 25.1 Å². The standard InChI is InChI=1S/C20H23N3O3/c1-11-6-7-12(13-9-22-18(21)23-10-13)8-14(11)15-16(24)19(2,3)26-20(4,5)17(15)25/h6-10,15H,1-5H3,(H2,21,22,23). The molecule has 1 saturated heterocycles. The molecule has 0 bridgehead atoms. The summed E-state index contributed by atoms with van der Waals surface area (Å²) >= 11 is 0. The number of hydrogen-bond acceptors (Lipinski definition) is 6. The number of aryl methyl sites for hydroxylation is 1. The van der Waals surface area contributed by atoms with Gasteiger partial charge >= 0.3 is 0 Å². The summed E-state index contributed by atoms with van der Waals surface area (Å²) in [4.78, 5) is 34.0. The van der Waals surface area contributed by atoms with Crippen LogP contribution in [0.5, 0.6) is 0 Å². The van der Waals surface area contributed by atoms with E-state index in [0.717, 1.165) is 16.7 Å². The molecule has 26 heavy (non-hydrogen) atoms. The molecule has 0 saturated carbocycles. The minimum absolute atomic E-state index is 0.194. The molecule has 1 aliphatic heterocycles. The van der Waals surface area contributed by atoms with E-state index in [1.165, 1.54) is 0 Å². The van der Waals surface area contributed by atoms with Crippen molar-refractivity contribution >= 4 is 17.5 Å². The number of carbonyl (C=O) groups excluding carboxylic acids is 2. The first kappa shape index (κ1) is 18.2. The van der Waals surface area contributed by atoms with Gasteiger partial charge in [0.2, 0.25) is 5.95 Å². The van der Waals surface area contributed by atoms with Crippen molar-refractivity contribution in [2.75, 3.05) is 5.73 Å². The molecular weight excluding hydrogens is 330 g/mol. The number of nitrogens with two attached hydrogens (primary N) is 1. The zero-order chi connectivity index (χ0) is 19.3. The van der Waals surface area contributed by atoms with Gasteiger partial charge in [0.15, 0.2) is 11.6 Å². The largest absolute Gasteiger partial charge is 0.368 e. The highest BCUT2D eigenvalue weighted by atomic mass is 16.5. The quantitative estimate of drug-likeness (QED) is 0.834. The van der Waals surface area contributed by atoms with E-state index in [-0.39, 0.29) is 17.5 Å². The van der Waals surface area contributed by atoms with Crippen molar-refractivity contribution < 1.29 is 14.3 Å².